The molecule has 0 saturated carbocycles. The molecule has 0 aliphatic rings. The molecule has 0 aliphatic carbocycles. The van der Waals surface area contributed by atoms with Gasteiger partial charge in [-0.25, -0.2) is 4.89 Å². The number of hydrogen-bond acceptors (Lipinski definition) is 4. The van der Waals surface area contributed by atoms with Crippen molar-refractivity contribution in [2.45, 2.75) is 71.6 Å². The minimum atomic E-state index is 0.303. The van der Waals surface area contributed by atoms with Crippen LogP contribution in [-0.2, 0) is 9.62 Å². The summed E-state index contributed by atoms with van der Waals surface area (Å²) in [6.07, 6.45) is 11.4. The van der Waals surface area contributed by atoms with E-state index in [2.05, 4.69) is 24.1 Å². The second-order valence-corrected chi connectivity index (χ2v) is 6.47. The number of rotatable bonds is 17. The molecule has 0 bridgehead atoms. The molecule has 0 radical (unpaired) electrons. The maximum Gasteiger partial charge on any atom is 0.0869 e. The Balaban J connectivity index is 3.61. The van der Waals surface area contributed by atoms with E-state index < -0.39 is 0 Å². The van der Waals surface area contributed by atoms with Gasteiger partial charge < -0.3 is 10.1 Å². The lowest BCUT2D eigenvalue weighted by Crippen LogP contribution is -2.24. The monoisotopic (exact) mass is 317 g/mol. The molecule has 0 fully saturated rings. The van der Waals surface area contributed by atoms with Gasteiger partial charge in [0.15, 0.2) is 0 Å². The van der Waals surface area contributed by atoms with Gasteiger partial charge in [-0.2, -0.15) is 0 Å². The van der Waals surface area contributed by atoms with E-state index in [9.17, 15) is 0 Å². The third kappa shape index (κ3) is 13.5. The molecule has 2 atom stereocenters. The molecule has 0 aromatic carbocycles. The van der Waals surface area contributed by atoms with Gasteiger partial charge in [0.05, 0.1) is 13.2 Å². The SMILES string of the molecule is CCCCCC(CCC)CNCCCCC(COC)COO. The van der Waals surface area contributed by atoms with Crippen LogP contribution in [-0.4, -0.2) is 38.7 Å². The minimum absolute atomic E-state index is 0.303. The topological polar surface area (TPSA) is 50.7 Å². The molecule has 0 spiro atoms. The fourth-order valence-electron chi connectivity index (χ4n) is 2.98. The van der Waals surface area contributed by atoms with Crippen LogP contribution < -0.4 is 5.32 Å². The first-order valence-corrected chi connectivity index (χ1v) is 9.24. The number of nitrogens with one attached hydrogen (secondary N) is 1. The molecule has 2 unspecified atom stereocenters. The number of unbranched alkanes of at least 4 members (excludes halogenated alkanes) is 3. The van der Waals surface area contributed by atoms with Crippen LogP contribution in [0.25, 0.3) is 0 Å². The lowest BCUT2D eigenvalue weighted by molar-refractivity contribution is -0.253. The molecule has 0 amide bonds. The molecule has 0 heterocycles. The summed E-state index contributed by atoms with van der Waals surface area (Å²) >= 11 is 0. The molecular weight excluding hydrogens is 278 g/mol. The second kappa shape index (κ2) is 17.2. The summed E-state index contributed by atoms with van der Waals surface area (Å²) in [4.78, 5) is 4.24. The molecule has 0 aromatic heterocycles. The molecule has 134 valence electrons. The van der Waals surface area contributed by atoms with Crippen molar-refractivity contribution in [2.24, 2.45) is 11.8 Å². The summed E-state index contributed by atoms with van der Waals surface area (Å²) in [5.74, 6) is 1.15. The predicted octanol–water partition coefficient (Wildman–Crippen LogP) is 4.50. The number of ether oxygens (including phenoxy) is 1. The molecular formula is C18H39NO3. The van der Waals surface area contributed by atoms with E-state index in [0.29, 0.717) is 19.1 Å². The summed E-state index contributed by atoms with van der Waals surface area (Å²) in [5.41, 5.74) is 0. The fraction of sp³-hybridized carbons (Fsp3) is 1.00. The lowest BCUT2D eigenvalue weighted by Gasteiger charge is -2.17. The van der Waals surface area contributed by atoms with Crippen LogP contribution >= 0.6 is 0 Å². The van der Waals surface area contributed by atoms with Gasteiger partial charge in [-0.3, -0.25) is 5.26 Å². The van der Waals surface area contributed by atoms with Gasteiger partial charge in [0.25, 0.3) is 0 Å². The highest BCUT2D eigenvalue weighted by Gasteiger charge is 2.09. The van der Waals surface area contributed by atoms with Crippen molar-refractivity contribution in [3.63, 3.8) is 0 Å². The first kappa shape index (κ1) is 21.8. The highest BCUT2D eigenvalue weighted by molar-refractivity contribution is 4.63. The van der Waals surface area contributed by atoms with Crippen molar-refractivity contribution in [2.75, 3.05) is 33.4 Å². The molecule has 2 N–H and O–H groups in total. The zero-order valence-corrected chi connectivity index (χ0v) is 15.1. The Kier molecular flexibility index (Phi) is 17.1. The predicted molar refractivity (Wildman–Crippen MR) is 93.2 cm³/mol. The third-order valence-electron chi connectivity index (χ3n) is 4.27. The van der Waals surface area contributed by atoms with Crippen molar-refractivity contribution in [3.8, 4) is 0 Å². The molecule has 22 heavy (non-hydrogen) atoms. The van der Waals surface area contributed by atoms with Gasteiger partial charge in [-0.1, -0.05) is 46.0 Å². The smallest absolute Gasteiger partial charge is 0.0869 e. The summed E-state index contributed by atoms with van der Waals surface area (Å²) in [5, 5.41) is 12.2. The normalized spacial score (nSPS) is 14.2. The lowest BCUT2D eigenvalue weighted by atomic mass is 9.96. The van der Waals surface area contributed by atoms with Crippen molar-refractivity contribution in [3.05, 3.63) is 0 Å². The van der Waals surface area contributed by atoms with Crippen LogP contribution in [0, 0.1) is 11.8 Å². The first-order chi connectivity index (χ1) is 10.8. The van der Waals surface area contributed by atoms with Crippen LogP contribution in [0.1, 0.15) is 71.6 Å². The largest absolute Gasteiger partial charge is 0.384 e. The third-order valence-corrected chi connectivity index (χ3v) is 4.27. The van der Waals surface area contributed by atoms with Crippen LogP contribution in [0.5, 0.6) is 0 Å². The average Bonchev–Trinajstić information content (AvgIpc) is 2.51. The van der Waals surface area contributed by atoms with Crippen molar-refractivity contribution < 1.29 is 14.9 Å². The van der Waals surface area contributed by atoms with E-state index in [1.807, 2.05) is 0 Å². The van der Waals surface area contributed by atoms with Crippen LogP contribution in [0.2, 0.25) is 0 Å². The zero-order chi connectivity index (χ0) is 16.5. The number of hydrogen-bond donors (Lipinski definition) is 2. The Hall–Kier alpha value is -0.160. The van der Waals surface area contributed by atoms with E-state index in [1.54, 1.807) is 7.11 Å². The summed E-state index contributed by atoms with van der Waals surface area (Å²) in [6.45, 7) is 7.84. The fourth-order valence-corrected chi connectivity index (χ4v) is 2.98. The maximum absolute atomic E-state index is 8.54. The van der Waals surface area contributed by atoms with E-state index in [0.717, 1.165) is 25.3 Å². The van der Waals surface area contributed by atoms with Crippen LogP contribution in [0.3, 0.4) is 0 Å². The average molecular weight is 318 g/mol. The number of methoxy groups -OCH3 is 1. The highest BCUT2D eigenvalue weighted by Crippen LogP contribution is 2.15. The first-order valence-electron chi connectivity index (χ1n) is 9.24. The van der Waals surface area contributed by atoms with Gasteiger partial charge in [-0.05, 0) is 44.7 Å². The Morgan fingerprint density at radius 2 is 1.59 bits per heavy atom. The van der Waals surface area contributed by atoms with E-state index >= 15 is 0 Å². The zero-order valence-electron chi connectivity index (χ0n) is 15.1. The van der Waals surface area contributed by atoms with E-state index in [1.165, 1.54) is 51.5 Å². The molecule has 4 nitrogen and oxygen atoms in total. The van der Waals surface area contributed by atoms with E-state index in [4.69, 9.17) is 9.99 Å². The molecule has 0 saturated heterocycles. The maximum atomic E-state index is 8.54. The van der Waals surface area contributed by atoms with E-state index in [-0.39, 0.29) is 0 Å². The Bertz CT molecular complexity index is 209. The second-order valence-electron chi connectivity index (χ2n) is 6.47. The summed E-state index contributed by atoms with van der Waals surface area (Å²) in [7, 11) is 1.69. The Labute approximate surface area is 137 Å². The van der Waals surface area contributed by atoms with Crippen LogP contribution in [0.4, 0.5) is 0 Å². The molecule has 0 aromatic rings. The molecule has 0 rings (SSSR count). The van der Waals surface area contributed by atoms with Gasteiger partial charge in [0, 0.05) is 13.0 Å². The van der Waals surface area contributed by atoms with Crippen molar-refractivity contribution in [1.82, 2.24) is 5.32 Å². The van der Waals surface area contributed by atoms with Gasteiger partial charge in [0.2, 0.25) is 0 Å². The Morgan fingerprint density at radius 3 is 2.23 bits per heavy atom. The molecule has 0 aliphatic heterocycles. The summed E-state index contributed by atoms with van der Waals surface area (Å²) < 4.78 is 5.13. The van der Waals surface area contributed by atoms with Crippen molar-refractivity contribution in [1.29, 1.82) is 0 Å². The quantitative estimate of drug-likeness (QED) is 0.236. The summed E-state index contributed by atoms with van der Waals surface area (Å²) in [6, 6.07) is 0. The minimum Gasteiger partial charge on any atom is -0.384 e. The highest BCUT2D eigenvalue weighted by atomic mass is 17.1. The van der Waals surface area contributed by atoms with Crippen LogP contribution in [0.15, 0.2) is 0 Å². The molecule has 4 heteroatoms. The Morgan fingerprint density at radius 1 is 0.864 bits per heavy atom. The van der Waals surface area contributed by atoms with Gasteiger partial charge in [0.1, 0.15) is 0 Å². The van der Waals surface area contributed by atoms with Gasteiger partial charge in [-0.15, -0.1) is 0 Å². The van der Waals surface area contributed by atoms with Gasteiger partial charge >= 0.3 is 0 Å². The standard InChI is InChI=1S/C18H39NO3/c1-4-6-7-11-17(10-5-2)14-19-13-9-8-12-18(15-21-3)16-22-20/h17-20H,4-16H2,1-3H3. The van der Waals surface area contributed by atoms with Crippen molar-refractivity contribution >= 4 is 0 Å².